The van der Waals surface area contributed by atoms with Crippen molar-refractivity contribution in [1.29, 1.82) is 0 Å². The monoisotopic (exact) mass is 235 g/mol. The summed E-state index contributed by atoms with van der Waals surface area (Å²) in [5.41, 5.74) is 6.01. The van der Waals surface area contributed by atoms with Crippen LogP contribution in [-0.2, 0) is 0 Å². The number of nitrogens with two attached hydrogens (primary N) is 1. The molecular formula is C11H13N3OS. The van der Waals surface area contributed by atoms with E-state index in [4.69, 9.17) is 10.3 Å². The van der Waals surface area contributed by atoms with Crippen LogP contribution in [0.15, 0.2) is 22.0 Å². The Labute approximate surface area is 97.5 Å². The molecule has 0 bridgehead atoms. The zero-order chi connectivity index (χ0) is 11.0. The molecule has 1 aliphatic carbocycles. The molecule has 0 saturated heterocycles. The largest absolute Gasteiger partial charge is 0.339 e. The minimum Gasteiger partial charge on any atom is -0.339 e. The third-order valence-electron chi connectivity index (χ3n) is 3.07. The van der Waals surface area contributed by atoms with Gasteiger partial charge in [-0.15, -0.1) is 11.3 Å². The predicted molar refractivity (Wildman–Crippen MR) is 62.2 cm³/mol. The molecule has 2 aromatic rings. The second-order valence-electron chi connectivity index (χ2n) is 4.13. The van der Waals surface area contributed by atoms with E-state index in [-0.39, 0.29) is 12.0 Å². The molecule has 0 aliphatic heterocycles. The van der Waals surface area contributed by atoms with Gasteiger partial charge in [-0.25, -0.2) is 0 Å². The number of rotatable bonds is 2. The maximum Gasteiger partial charge on any atom is 0.231 e. The molecule has 1 fully saturated rings. The molecule has 0 spiro atoms. The summed E-state index contributed by atoms with van der Waals surface area (Å²) in [6, 6.07) is 4.15. The highest BCUT2D eigenvalue weighted by Crippen LogP contribution is 2.33. The quantitative estimate of drug-likeness (QED) is 0.868. The third-order valence-corrected chi connectivity index (χ3v) is 3.94. The van der Waals surface area contributed by atoms with Gasteiger partial charge < -0.3 is 10.3 Å². The lowest BCUT2D eigenvalue weighted by molar-refractivity contribution is 0.345. The smallest absolute Gasteiger partial charge is 0.231 e. The van der Waals surface area contributed by atoms with Crippen LogP contribution in [-0.4, -0.2) is 16.2 Å². The van der Waals surface area contributed by atoms with E-state index in [1.165, 1.54) is 0 Å². The first-order chi connectivity index (χ1) is 7.84. The topological polar surface area (TPSA) is 64.9 Å². The van der Waals surface area contributed by atoms with Crippen LogP contribution in [0.4, 0.5) is 0 Å². The highest BCUT2D eigenvalue weighted by molar-refractivity contribution is 7.13. The number of nitrogens with zero attached hydrogens (tertiary/aromatic N) is 2. The molecule has 84 valence electrons. The summed E-state index contributed by atoms with van der Waals surface area (Å²) in [6.45, 7) is 0. The van der Waals surface area contributed by atoms with E-state index in [1.807, 2.05) is 17.5 Å². The van der Waals surface area contributed by atoms with Gasteiger partial charge in [-0.1, -0.05) is 17.6 Å². The first-order valence-electron chi connectivity index (χ1n) is 5.47. The standard InChI is InChI=1S/C11H13N3OS/c12-8-4-1-3-7(8)11-13-10(14-15-11)9-5-2-6-16-9/h2,5-8H,1,3-4,12H2/t7-,8-/m1/s1. The van der Waals surface area contributed by atoms with Crippen LogP contribution in [0, 0.1) is 0 Å². The lowest BCUT2D eigenvalue weighted by atomic mass is 10.1. The molecule has 0 aromatic carbocycles. The summed E-state index contributed by atoms with van der Waals surface area (Å²) in [5.74, 6) is 1.64. The number of aromatic nitrogens is 2. The Balaban J connectivity index is 1.88. The van der Waals surface area contributed by atoms with Crippen molar-refractivity contribution in [2.24, 2.45) is 5.73 Å². The van der Waals surface area contributed by atoms with Crippen molar-refractivity contribution in [2.45, 2.75) is 31.2 Å². The maximum absolute atomic E-state index is 6.01. The fourth-order valence-electron chi connectivity index (χ4n) is 2.19. The van der Waals surface area contributed by atoms with E-state index >= 15 is 0 Å². The SMILES string of the molecule is N[C@@H]1CCC[C@H]1c1nc(-c2cccs2)no1. The summed E-state index contributed by atoms with van der Waals surface area (Å²) >= 11 is 1.62. The second-order valence-corrected chi connectivity index (χ2v) is 5.08. The summed E-state index contributed by atoms with van der Waals surface area (Å²) in [4.78, 5) is 5.48. The first-order valence-corrected chi connectivity index (χ1v) is 6.35. The van der Waals surface area contributed by atoms with Crippen LogP contribution in [0.2, 0.25) is 0 Å². The average molecular weight is 235 g/mol. The van der Waals surface area contributed by atoms with Crippen molar-refractivity contribution in [3.63, 3.8) is 0 Å². The molecule has 0 unspecified atom stereocenters. The van der Waals surface area contributed by atoms with Crippen molar-refractivity contribution in [2.75, 3.05) is 0 Å². The normalized spacial score (nSPS) is 25.1. The van der Waals surface area contributed by atoms with Crippen LogP contribution in [0.3, 0.4) is 0 Å². The van der Waals surface area contributed by atoms with E-state index in [1.54, 1.807) is 11.3 Å². The van der Waals surface area contributed by atoms with Crippen molar-refractivity contribution in [1.82, 2.24) is 10.1 Å². The minimum atomic E-state index is 0.177. The molecule has 2 atom stereocenters. The molecule has 2 N–H and O–H groups in total. The molecule has 3 rings (SSSR count). The highest BCUT2D eigenvalue weighted by atomic mass is 32.1. The van der Waals surface area contributed by atoms with Gasteiger partial charge in [-0.3, -0.25) is 0 Å². The average Bonchev–Trinajstić information content (AvgIpc) is 2.96. The zero-order valence-electron chi connectivity index (χ0n) is 8.80. The molecule has 2 heterocycles. The van der Waals surface area contributed by atoms with Gasteiger partial charge >= 0.3 is 0 Å². The molecule has 4 nitrogen and oxygen atoms in total. The molecular weight excluding hydrogens is 222 g/mol. The second kappa shape index (κ2) is 3.99. The van der Waals surface area contributed by atoms with Gasteiger partial charge in [0.25, 0.3) is 0 Å². The zero-order valence-corrected chi connectivity index (χ0v) is 9.61. The van der Waals surface area contributed by atoms with Gasteiger partial charge in [0.15, 0.2) is 0 Å². The van der Waals surface area contributed by atoms with Crippen LogP contribution < -0.4 is 5.73 Å². The Hall–Kier alpha value is -1.20. The molecule has 1 aliphatic rings. The summed E-state index contributed by atoms with van der Waals surface area (Å²) in [5, 5.41) is 6.01. The summed E-state index contributed by atoms with van der Waals surface area (Å²) in [6.07, 6.45) is 3.27. The lowest BCUT2D eigenvalue weighted by Crippen LogP contribution is -2.22. The van der Waals surface area contributed by atoms with Crippen molar-refractivity contribution < 1.29 is 4.52 Å². The molecule has 0 radical (unpaired) electrons. The van der Waals surface area contributed by atoms with E-state index in [0.717, 1.165) is 24.1 Å². The highest BCUT2D eigenvalue weighted by Gasteiger charge is 2.30. The van der Waals surface area contributed by atoms with E-state index in [2.05, 4.69) is 10.1 Å². The third kappa shape index (κ3) is 1.66. The fourth-order valence-corrected chi connectivity index (χ4v) is 2.84. The number of thiophene rings is 1. The van der Waals surface area contributed by atoms with Gasteiger partial charge in [0.05, 0.1) is 10.8 Å². The van der Waals surface area contributed by atoms with E-state index in [0.29, 0.717) is 11.7 Å². The molecule has 16 heavy (non-hydrogen) atoms. The van der Waals surface area contributed by atoms with Gasteiger partial charge in [0.2, 0.25) is 11.7 Å². The van der Waals surface area contributed by atoms with Crippen LogP contribution in [0.5, 0.6) is 0 Å². The van der Waals surface area contributed by atoms with Crippen LogP contribution in [0.1, 0.15) is 31.1 Å². The summed E-state index contributed by atoms with van der Waals surface area (Å²) < 4.78 is 5.31. The van der Waals surface area contributed by atoms with Gasteiger partial charge in [0.1, 0.15) is 0 Å². The minimum absolute atomic E-state index is 0.177. The number of hydrogen-bond donors (Lipinski definition) is 1. The van der Waals surface area contributed by atoms with Gasteiger partial charge in [0, 0.05) is 6.04 Å². The first kappa shape index (κ1) is 9.99. The summed E-state index contributed by atoms with van der Waals surface area (Å²) in [7, 11) is 0. The van der Waals surface area contributed by atoms with Crippen molar-refractivity contribution >= 4 is 11.3 Å². The number of hydrogen-bond acceptors (Lipinski definition) is 5. The molecule has 5 heteroatoms. The predicted octanol–water partition coefficient (Wildman–Crippen LogP) is 2.39. The molecule has 0 amide bonds. The Morgan fingerprint density at radius 3 is 3.06 bits per heavy atom. The Morgan fingerprint density at radius 2 is 2.38 bits per heavy atom. The van der Waals surface area contributed by atoms with E-state index < -0.39 is 0 Å². The molecule has 2 aromatic heterocycles. The van der Waals surface area contributed by atoms with Gasteiger partial charge in [-0.2, -0.15) is 4.98 Å². The van der Waals surface area contributed by atoms with Crippen molar-refractivity contribution in [3.05, 3.63) is 23.4 Å². The van der Waals surface area contributed by atoms with Crippen molar-refractivity contribution in [3.8, 4) is 10.7 Å². The molecule has 1 saturated carbocycles. The maximum atomic E-state index is 6.01. The lowest BCUT2D eigenvalue weighted by Gasteiger charge is -2.08. The Morgan fingerprint density at radius 1 is 1.44 bits per heavy atom. The van der Waals surface area contributed by atoms with E-state index in [9.17, 15) is 0 Å². The Bertz CT molecular complexity index is 465. The Kier molecular flexibility index (Phi) is 2.49. The van der Waals surface area contributed by atoms with Crippen LogP contribution >= 0.6 is 11.3 Å². The van der Waals surface area contributed by atoms with Gasteiger partial charge in [-0.05, 0) is 24.3 Å². The fraction of sp³-hybridized carbons (Fsp3) is 0.455. The van der Waals surface area contributed by atoms with Crippen LogP contribution in [0.25, 0.3) is 10.7 Å².